The Morgan fingerprint density at radius 3 is 2.93 bits per heavy atom. The van der Waals surface area contributed by atoms with E-state index in [4.69, 9.17) is 5.11 Å². The second-order valence-corrected chi connectivity index (χ2v) is 7.03. The first-order valence-electron chi connectivity index (χ1n) is 9.37. The molecule has 0 unspecified atom stereocenters. The second kappa shape index (κ2) is 7.93. The highest BCUT2D eigenvalue weighted by Crippen LogP contribution is 2.21. The molecule has 3 aromatic rings. The van der Waals surface area contributed by atoms with Gasteiger partial charge >= 0.3 is 5.97 Å². The van der Waals surface area contributed by atoms with E-state index in [1.165, 1.54) is 6.07 Å². The van der Waals surface area contributed by atoms with Gasteiger partial charge in [-0.1, -0.05) is 0 Å². The number of benzene rings is 1. The summed E-state index contributed by atoms with van der Waals surface area (Å²) >= 11 is 0. The third kappa shape index (κ3) is 4.12. The first-order valence-corrected chi connectivity index (χ1v) is 9.37. The summed E-state index contributed by atoms with van der Waals surface area (Å²) in [5.74, 6) is -1.08. The number of aryl methyl sites for hydroxylation is 2. The molecule has 28 heavy (non-hydrogen) atoms. The number of hydrogen-bond donors (Lipinski definition) is 1. The van der Waals surface area contributed by atoms with Crippen molar-refractivity contribution in [3.63, 3.8) is 0 Å². The lowest BCUT2D eigenvalue weighted by atomic mass is 10.1. The summed E-state index contributed by atoms with van der Waals surface area (Å²) in [6.07, 6.45) is 5.00. The highest BCUT2D eigenvalue weighted by molar-refractivity contribution is 5.66. The Kier molecular flexibility index (Phi) is 5.21. The number of rotatable bonds is 6. The largest absolute Gasteiger partial charge is 0.481 e. The Morgan fingerprint density at radius 2 is 2.14 bits per heavy atom. The smallest absolute Gasteiger partial charge is 0.303 e. The average Bonchev–Trinajstić information content (AvgIpc) is 3.27. The molecule has 2 aromatic heterocycles. The van der Waals surface area contributed by atoms with E-state index in [1.54, 1.807) is 23.0 Å². The summed E-state index contributed by atoms with van der Waals surface area (Å²) in [5, 5.41) is 17.7. The minimum absolute atomic E-state index is 0.0800. The lowest BCUT2D eigenvalue weighted by molar-refractivity contribution is -0.136. The molecule has 0 spiro atoms. The Bertz CT molecular complexity index is 967. The van der Waals surface area contributed by atoms with Crippen LogP contribution < -0.4 is 0 Å². The molecule has 0 fully saturated rings. The maximum Gasteiger partial charge on any atom is 0.303 e. The zero-order valence-electron chi connectivity index (χ0n) is 15.5. The number of hydrogen-bond acceptors (Lipinski definition) is 4. The van der Waals surface area contributed by atoms with Crippen molar-refractivity contribution in [1.29, 1.82) is 0 Å². The first-order chi connectivity index (χ1) is 13.6. The Hall–Kier alpha value is -3.00. The minimum Gasteiger partial charge on any atom is -0.481 e. The topological polar surface area (TPSA) is 76.2 Å². The van der Waals surface area contributed by atoms with Crippen LogP contribution in [-0.2, 0) is 30.8 Å². The molecular weight excluding hydrogens is 361 g/mol. The van der Waals surface area contributed by atoms with Crippen LogP contribution in [0.4, 0.5) is 4.39 Å². The zero-order valence-corrected chi connectivity index (χ0v) is 15.5. The van der Waals surface area contributed by atoms with Crippen LogP contribution in [0.2, 0.25) is 0 Å². The minimum atomic E-state index is -0.818. The van der Waals surface area contributed by atoms with Gasteiger partial charge in [-0.25, -0.2) is 9.07 Å². The summed E-state index contributed by atoms with van der Waals surface area (Å²) in [7, 11) is 0. The van der Waals surface area contributed by atoms with Crippen molar-refractivity contribution in [3.05, 3.63) is 65.5 Å². The number of aromatic nitrogens is 4. The molecule has 0 bridgehead atoms. The van der Waals surface area contributed by atoms with E-state index in [0.29, 0.717) is 19.5 Å². The SMILES string of the molecule is O=C(O)CCc1cc2n(n1)CCCN(Cc1cc(F)ccc1-n1cccn1)C2. The molecule has 0 atom stereocenters. The van der Waals surface area contributed by atoms with Gasteiger partial charge in [0.05, 0.1) is 23.5 Å². The van der Waals surface area contributed by atoms with Crippen LogP contribution in [0.5, 0.6) is 0 Å². The molecule has 0 saturated carbocycles. The van der Waals surface area contributed by atoms with E-state index in [-0.39, 0.29) is 12.2 Å². The molecule has 4 rings (SSSR count). The molecule has 146 valence electrons. The fraction of sp³-hybridized carbons (Fsp3) is 0.350. The van der Waals surface area contributed by atoms with Gasteiger partial charge in [-0.15, -0.1) is 0 Å². The van der Waals surface area contributed by atoms with Crippen LogP contribution in [0, 0.1) is 5.82 Å². The Morgan fingerprint density at radius 1 is 1.25 bits per heavy atom. The van der Waals surface area contributed by atoms with Gasteiger partial charge in [0.25, 0.3) is 0 Å². The normalized spacial score (nSPS) is 14.6. The Balaban J connectivity index is 1.53. The summed E-state index contributed by atoms with van der Waals surface area (Å²) < 4.78 is 17.6. The van der Waals surface area contributed by atoms with Crippen molar-refractivity contribution in [2.45, 2.75) is 38.9 Å². The molecule has 8 heteroatoms. The van der Waals surface area contributed by atoms with Gasteiger partial charge in [-0.3, -0.25) is 14.4 Å². The second-order valence-electron chi connectivity index (χ2n) is 7.03. The molecule has 0 radical (unpaired) electrons. The van der Waals surface area contributed by atoms with Crippen LogP contribution in [0.25, 0.3) is 5.69 Å². The molecule has 7 nitrogen and oxygen atoms in total. The predicted octanol–water partition coefficient (Wildman–Crippen LogP) is 2.63. The number of halogens is 1. The summed E-state index contributed by atoms with van der Waals surface area (Å²) in [6, 6.07) is 8.60. The van der Waals surface area contributed by atoms with Crippen LogP contribution in [0.3, 0.4) is 0 Å². The van der Waals surface area contributed by atoms with Crippen LogP contribution in [0.1, 0.15) is 29.8 Å². The fourth-order valence-corrected chi connectivity index (χ4v) is 3.64. The number of aliphatic carboxylic acids is 1. The number of fused-ring (bicyclic) bond motifs is 1. The monoisotopic (exact) mass is 383 g/mol. The van der Waals surface area contributed by atoms with Crippen molar-refractivity contribution >= 4 is 5.97 Å². The Labute approximate surface area is 162 Å². The lowest BCUT2D eigenvalue weighted by Crippen LogP contribution is -2.23. The summed E-state index contributed by atoms with van der Waals surface area (Å²) in [4.78, 5) is 13.1. The molecule has 1 aliphatic rings. The number of carboxylic acid groups (broad SMARTS) is 1. The zero-order chi connectivity index (χ0) is 19.5. The van der Waals surface area contributed by atoms with E-state index < -0.39 is 5.97 Å². The first kappa shape index (κ1) is 18.4. The highest BCUT2D eigenvalue weighted by Gasteiger charge is 2.19. The van der Waals surface area contributed by atoms with Gasteiger partial charge in [-0.05, 0) is 42.3 Å². The van der Waals surface area contributed by atoms with Crippen molar-refractivity contribution in [1.82, 2.24) is 24.5 Å². The van der Waals surface area contributed by atoms with Gasteiger partial charge in [0.1, 0.15) is 5.82 Å². The summed E-state index contributed by atoms with van der Waals surface area (Å²) in [6.45, 7) is 2.97. The fourth-order valence-electron chi connectivity index (χ4n) is 3.64. The third-order valence-electron chi connectivity index (χ3n) is 4.93. The van der Waals surface area contributed by atoms with Crippen molar-refractivity contribution in [2.24, 2.45) is 0 Å². The molecule has 3 heterocycles. The van der Waals surface area contributed by atoms with Gasteiger partial charge < -0.3 is 5.11 Å². The van der Waals surface area contributed by atoms with Gasteiger partial charge in [-0.2, -0.15) is 10.2 Å². The van der Waals surface area contributed by atoms with Crippen molar-refractivity contribution in [2.75, 3.05) is 6.54 Å². The predicted molar refractivity (Wildman–Crippen MR) is 100 cm³/mol. The maximum absolute atomic E-state index is 13.9. The van der Waals surface area contributed by atoms with E-state index in [0.717, 1.165) is 42.1 Å². The van der Waals surface area contributed by atoms with Crippen LogP contribution in [0.15, 0.2) is 42.7 Å². The quantitative estimate of drug-likeness (QED) is 0.708. The van der Waals surface area contributed by atoms with E-state index in [2.05, 4.69) is 15.1 Å². The van der Waals surface area contributed by atoms with Crippen LogP contribution in [-0.4, -0.2) is 42.1 Å². The van der Waals surface area contributed by atoms with Gasteiger partial charge in [0, 0.05) is 45.0 Å². The number of carboxylic acids is 1. The molecule has 0 amide bonds. The molecule has 0 saturated heterocycles. The lowest BCUT2D eigenvalue weighted by Gasteiger charge is -2.21. The molecule has 1 aliphatic heterocycles. The van der Waals surface area contributed by atoms with Crippen molar-refractivity contribution < 1.29 is 14.3 Å². The summed E-state index contributed by atoms with van der Waals surface area (Å²) in [5.41, 5.74) is 3.62. The number of carbonyl (C=O) groups is 1. The van der Waals surface area contributed by atoms with E-state index in [1.807, 2.05) is 23.0 Å². The molecular formula is C20H22FN5O2. The maximum atomic E-state index is 13.9. The van der Waals surface area contributed by atoms with Crippen LogP contribution >= 0.6 is 0 Å². The average molecular weight is 383 g/mol. The number of nitrogens with zero attached hydrogens (tertiary/aromatic N) is 5. The standard InChI is InChI=1S/C20H22FN5O2/c21-16-3-5-19(26-9-1-7-22-26)15(11-16)13-24-8-2-10-25-18(14-24)12-17(23-25)4-6-20(27)28/h1,3,5,7,9,11-12H,2,4,6,8,10,13-14H2,(H,27,28). The molecule has 1 N–H and O–H groups in total. The third-order valence-corrected chi connectivity index (χ3v) is 4.93. The van der Waals surface area contributed by atoms with E-state index in [9.17, 15) is 9.18 Å². The molecule has 1 aromatic carbocycles. The van der Waals surface area contributed by atoms with Gasteiger partial charge in [0.15, 0.2) is 0 Å². The van der Waals surface area contributed by atoms with Gasteiger partial charge in [0.2, 0.25) is 0 Å². The molecule has 0 aliphatic carbocycles. The van der Waals surface area contributed by atoms with E-state index >= 15 is 0 Å². The van der Waals surface area contributed by atoms with Crippen molar-refractivity contribution in [3.8, 4) is 5.69 Å². The highest BCUT2D eigenvalue weighted by atomic mass is 19.1.